The minimum absolute atomic E-state index is 0.517. The molecule has 1 atom stereocenters. The molecule has 0 aromatic carbocycles. The summed E-state index contributed by atoms with van der Waals surface area (Å²) in [5.74, 6) is 1.01. The van der Waals surface area contributed by atoms with Crippen LogP contribution in [-0.4, -0.2) is 0 Å². The first-order valence-corrected chi connectivity index (χ1v) is 9.99. The van der Waals surface area contributed by atoms with Gasteiger partial charge >= 0.3 is 0 Å². The molecule has 0 heteroatoms. The van der Waals surface area contributed by atoms with Crippen molar-refractivity contribution in [2.75, 3.05) is 0 Å². The van der Waals surface area contributed by atoms with Crippen LogP contribution in [0.3, 0.4) is 0 Å². The van der Waals surface area contributed by atoms with E-state index >= 15 is 0 Å². The second-order valence-corrected chi connectivity index (χ2v) is 8.37. The first kappa shape index (κ1) is 21.0. The fraction of sp³-hybridized carbons (Fsp3) is 1.00. The second-order valence-electron chi connectivity index (χ2n) is 8.37. The van der Waals surface area contributed by atoms with E-state index in [1.807, 2.05) is 0 Å². The molecule has 0 aromatic rings. The maximum Gasteiger partial charge on any atom is -0.0383 e. The summed E-state index contributed by atoms with van der Waals surface area (Å²) in [6, 6.07) is 0. The minimum atomic E-state index is 0.517. The van der Waals surface area contributed by atoms with E-state index in [-0.39, 0.29) is 0 Å². The van der Waals surface area contributed by atoms with Gasteiger partial charge in [0.2, 0.25) is 0 Å². The van der Waals surface area contributed by atoms with Gasteiger partial charge in [-0.2, -0.15) is 0 Å². The molecule has 0 amide bonds. The van der Waals surface area contributed by atoms with Crippen LogP contribution in [0.25, 0.3) is 0 Å². The Kier molecular flexibility index (Phi) is 13.6. The standard InChI is InChI=1S/C21H44/c1-6-8-10-12-13-15-17-20(16-14-11-9-7-2)18-19-21(3,4)5/h20H,6-19H2,1-5H3. The zero-order valence-electron chi connectivity index (χ0n) is 16.0. The van der Waals surface area contributed by atoms with Crippen molar-refractivity contribution in [2.24, 2.45) is 11.3 Å². The Morgan fingerprint density at radius 3 is 1.48 bits per heavy atom. The predicted octanol–water partition coefficient (Wildman–Crippen LogP) is 8.15. The number of unbranched alkanes of at least 4 members (excludes halogenated alkanes) is 8. The topological polar surface area (TPSA) is 0 Å². The zero-order chi connectivity index (χ0) is 16.0. The van der Waals surface area contributed by atoms with Crippen molar-refractivity contribution >= 4 is 0 Å². The molecule has 0 nitrogen and oxygen atoms in total. The van der Waals surface area contributed by atoms with E-state index in [4.69, 9.17) is 0 Å². The average Bonchev–Trinajstić information content (AvgIpc) is 2.42. The summed E-state index contributed by atoms with van der Waals surface area (Å²) in [5, 5.41) is 0. The van der Waals surface area contributed by atoms with Gasteiger partial charge in [0.15, 0.2) is 0 Å². The van der Waals surface area contributed by atoms with Crippen LogP contribution in [0.5, 0.6) is 0 Å². The van der Waals surface area contributed by atoms with E-state index in [1.54, 1.807) is 0 Å². The monoisotopic (exact) mass is 296 g/mol. The Morgan fingerprint density at radius 2 is 1.00 bits per heavy atom. The van der Waals surface area contributed by atoms with Crippen molar-refractivity contribution in [2.45, 2.75) is 125 Å². The van der Waals surface area contributed by atoms with Crippen molar-refractivity contribution < 1.29 is 0 Å². The van der Waals surface area contributed by atoms with Gasteiger partial charge in [-0.05, 0) is 24.2 Å². The molecule has 1 unspecified atom stereocenters. The van der Waals surface area contributed by atoms with Crippen LogP contribution in [0.2, 0.25) is 0 Å². The number of hydrogen-bond acceptors (Lipinski definition) is 0. The van der Waals surface area contributed by atoms with E-state index in [9.17, 15) is 0 Å². The Labute approximate surface area is 136 Å². The molecule has 128 valence electrons. The zero-order valence-corrected chi connectivity index (χ0v) is 16.0. The van der Waals surface area contributed by atoms with E-state index in [0.717, 1.165) is 5.92 Å². The Morgan fingerprint density at radius 1 is 0.571 bits per heavy atom. The van der Waals surface area contributed by atoms with Gasteiger partial charge in [0.25, 0.3) is 0 Å². The normalized spacial score (nSPS) is 13.6. The lowest BCUT2D eigenvalue weighted by atomic mass is 9.83. The van der Waals surface area contributed by atoms with Gasteiger partial charge in [-0.15, -0.1) is 0 Å². The molecule has 0 heterocycles. The molecule has 0 radical (unpaired) electrons. The van der Waals surface area contributed by atoms with Crippen LogP contribution in [0.4, 0.5) is 0 Å². The third kappa shape index (κ3) is 16.2. The van der Waals surface area contributed by atoms with Gasteiger partial charge in [0.05, 0.1) is 0 Å². The van der Waals surface area contributed by atoms with Crippen molar-refractivity contribution in [3.8, 4) is 0 Å². The molecule has 0 aromatic heterocycles. The molecule has 0 saturated heterocycles. The molecule has 0 fully saturated rings. The van der Waals surface area contributed by atoms with Gasteiger partial charge in [-0.25, -0.2) is 0 Å². The lowest BCUT2D eigenvalue weighted by Gasteiger charge is -2.23. The molecular weight excluding hydrogens is 252 g/mol. The fourth-order valence-corrected chi connectivity index (χ4v) is 3.14. The average molecular weight is 297 g/mol. The van der Waals surface area contributed by atoms with Crippen LogP contribution in [-0.2, 0) is 0 Å². The quantitative estimate of drug-likeness (QED) is 0.284. The molecule has 0 bridgehead atoms. The van der Waals surface area contributed by atoms with Gasteiger partial charge in [-0.3, -0.25) is 0 Å². The van der Waals surface area contributed by atoms with Crippen molar-refractivity contribution in [1.29, 1.82) is 0 Å². The lowest BCUT2D eigenvalue weighted by Crippen LogP contribution is -2.10. The van der Waals surface area contributed by atoms with Gasteiger partial charge in [0, 0.05) is 0 Å². The van der Waals surface area contributed by atoms with Crippen molar-refractivity contribution in [3.63, 3.8) is 0 Å². The van der Waals surface area contributed by atoms with Crippen LogP contribution in [0.1, 0.15) is 125 Å². The molecule has 0 spiro atoms. The van der Waals surface area contributed by atoms with Crippen LogP contribution < -0.4 is 0 Å². The first-order chi connectivity index (χ1) is 9.99. The first-order valence-electron chi connectivity index (χ1n) is 9.99. The van der Waals surface area contributed by atoms with E-state index in [0.29, 0.717) is 5.41 Å². The van der Waals surface area contributed by atoms with E-state index < -0.39 is 0 Å². The minimum Gasteiger partial charge on any atom is -0.0654 e. The van der Waals surface area contributed by atoms with Gasteiger partial charge in [-0.1, -0.05) is 112 Å². The summed E-state index contributed by atoms with van der Waals surface area (Å²) in [5.41, 5.74) is 0.517. The molecule has 0 aliphatic heterocycles. The summed E-state index contributed by atoms with van der Waals surface area (Å²) >= 11 is 0. The Bertz CT molecular complexity index is 199. The maximum atomic E-state index is 2.39. The van der Waals surface area contributed by atoms with Crippen LogP contribution in [0, 0.1) is 11.3 Å². The Hall–Kier alpha value is 0. The van der Waals surface area contributed by atoms with Gasteiger partial charge in [0.1, 0.15) is 0 Å². The number of hydrogen-bond donors (Lipinski definition) is 0. The summed E-state index contributed by atoms with van der Waals surface area (Å²) in [6.45, 7) is 11.8. The van der Waals surface area contributed by atoms with Crippen molar-refractivity contribution in [3.05, 3.63) is 0 Å². The van der Waals surface area contributed by atoms with Crippen LogP contribution in [0.15, 0.2) is 0 Å². The largest absolute Gasteiger partial charge is 0.0654 e. The molecule has 0 aliphatic rings. The predicted molar refractivity (Wildman–Crippen MR) is 98.9 cm³/mol. The molecule has 0 aliphatic carbocycles. The molecule has 0 saturated carbocycles. The highest BCUT2D eigenvalue weighted by Crippen LogP contribution is 2.29. The van der Waals surface area contributed by atoms with E-state index in [2.05, 4.69) is 34.6 Å². The summed E-state index contributed by atoms with van der Waals surface area (Å²) in [6.07, 6.45) is 20.3. The molecule has 0 rings (SSSR count). The smallest absolute Gasteiger partial charge is 0.0383 e. The second kappa shape index (κ2) is 13.6. The molecule has 21 heavy (non-hydrogen) atoms. The van der Waals surface area contributed by atoms with Gasteiger partial charge < -0.3 is 0 Å². The molecule has 0 N–H and O–H groups in total. The third-order valence-electron chi connectivity index (χ3n) is 4.73. The highest BCUT2D eigenvalue weighted by atomic mass is 14.2. The molecular formula is C21H44. The SMILES string of the molecule is CCCCCCCCC(CCCCCC)CCC(C)(C)C. The third-order valence-corrected chi connectivity index (χ3v) is 4.73. The lowest BCUT2D eigenvalue weighted by molar-refractivity contribution is 0.293. The highest BCUT2D eigenvalue weighted by Gasteiger charge is 2.15. The highest BCUT2D eigenvalue weighted by molar-refractivity contribution is 4.67. The van der Waals surface area contributed by atoms with E-state index in [1.165, 1.54) is 89.9 Å². The maximum absolute atomic E-state index is 2.39. The van der Waals surface area contributed by atoms with Crippen molar-refractivity contribution in [1.82, 2.24) is 0 Å². The summed E-state index contributed by atoms with van der Waals surface area (Å²) in [7, 11) is 0. The summed E-state index contributed by atoms with van der Waals surface area (Å²) in [4.78, 5) is 0. The summed E-state index contributed by atoms with van der Waals surface area (Å²) < 4.78 is 0. The Balaban J connectivity index is 3.83. The fourth-order valence-electron chi connectivity index (χ4n) is 3.14. The van der Waals surface area contributed by atoms with Crippen LogP contribution >= 0.6 is 0 Å². The number of rotatable bonds is 14.